The van der Waals surface area contributed by atoms with Crippen molar-refractivity contribution in [1.29, 1.82) is 0 Å². The van der Waals surface area contributed by atoms with Crippen molar-refractivity contribution in [3.63, 3.8) is 0 Å². The molecule has 0 bridgehead atoms. The van der Waals surface area contributed by atoms with Gasteiger partial charge in [0.05, 0.1) is 0 Å². The molecular formula is C18H21N7O2. The highest BCUT2D eigenvalue weighted by Crippen LogP contribution is 2.17. The van der Waals surface area contributed by atoms with Crippen molar-refractivity contribution < 1.29 is 9.59 Å². The highest BCUT2D eigenvalue weighted by atomic mass is 16.2. The summed E-state index contributed by atoms with van der Waals surface area (Å²) in [6, 6.07) is 8.10. The molecule has 0 aliphatic rings. The first-order valence-electron chi connectivity index (χ1n) is 8.55. The molecule has 2 amide bonds. The fourth-order valence-electron chi connectivity index (χ4n) is 2.36. The van der Waals surface area contributed by atoms with Crippen LogP contribution < -0.4 is 10.6 Å². The third-order valence-corrected chi connectivity index (χ3v) is 4.08. The number of anilines is 2. The number of carbonyl (C=O) groups excluding carboxylic acids is 2. The first-order chi connectivity index (χ1) is 12.9. The molecule has 3 N–H and O–H groups in total. The van der Waals surface area contributed by atoms with Gasteiger partial charge in [0.15, 0.2) is 5.69 Å². The summed E-state index contributed by atoms with van der Waals surface area (Å²) in [5.74, 6) is -0.244. The summed E-state index contributed by atoms with van der Waals surface area (Å²) in [6.45, 7) is 5.77. The van der Waals surface area contributed by atoms with Crippen molar-refractivity contribution in [1.82, 2.24) is 25.0 Å². The van der Waals surface area contributed by atoms with E-state index in [9.17, 15) is 9.59 Å². The van der Waals surface area contributed by atoms with Crippen LogP contribution in [0.1, 0.15) is 48.9 Å². The number of hydrogen-bond acceptors (Lipinski definition) is 5. The third kappa shape index (κ3) is 4.38. The van der Waals surface area contributed by atoms with Gasteiger partial charge in [0.2, 0.25) is 5.91 Å². The molecule has 0 aliphatic carbocycles. The van der Waals surface area contributed by atoms with E-state index in [1.54, 1.807) is 37.3 Å². The van der Waals surface area contributed by atoms with Crippen LogP contribution >= 0.6 is 0 Å². The Morgan fingerprint density at radius 2 is 1.74 bits per heavy atom. The largest absolute Gasteiger partial charge is 0.324 e. The summed E-state index contributed by atoms with van der Waals surface area (Å²) < 4.78 is 1.47. The second-order valence-electron chi connectivity index (χ2n) is 6.44. The number of nitrogens with one attached hydrogen (secondary N) is 3. The lowest BCUT2D eigenvalue weighted by Crippen LogP contribution is -2.24. The van der Waals surface area contributed by atoms with Gasteiger partial charge in [-0.15, -0.1) is 0 Å². The van der Waals surface area contributed by atoms with Gasteiger partial charge in [-0.05, 0) is 43.2 Å². The fraction of sp³-hybridized carbons (Fsp3) is 0.278. The first kappa shape index (κ1) is 18.3. The first-order valence-corrected chi connectivity index (χ1v) is 8.55. The number of benzene rings is 1. The van der Waals surface area contributed by atoms with Crippen LogP contribution in [0.15, 0.2) is 43.0 Å². The van der Waals surface area contributed by atoms with Crippen molar-refractivity contribution in [2.75, 3.05) is 10.6 Å². The Morgan fingerprint density at radius 1 is 1.07 bits per heavy atom. The number of H-pyrrole nitrogens is 1. The topological polar surface area (TPSA) is 118 Å². The summed E-state index contributed by atoms with van der Waals surface area (Å²) in [7, 11) is 0. The lowest BCUT2D eigenvalue weighted by atomic mass is 10.1. The number of amides is 2. The zero-order valence-corrected chi connectivity index (χ0v) is 15.3. The fourth-order valence-corrected chi connectivity index (χ4v) is 2.36. The second kappa shape index (κ2) is 7.81. The summed E-state index contributed by atoms with van der Waals surface area (Å²) in [6.07, 6.45) is 2.87. The van der Waals surface area contributed by atoms with E-state index < -0.39 is 6.04 Å². The lowest BCUT2D eigenvalue weighted by molar-refractivity contribution is -0.119. The number of nitrogens with zero attached hydrogens (tertiary/aromatic N) is 4. The molecule has 2 aromatic heterocycles. The molecular weight excluding hydrogens is 346 g/mol. The van der Waals surface area contributed by atoms with Gasteiger partial charge in [-0.3, -0.25) is 14.7 Å². The molecule has 0 radical (unpaired) electrons. The van der Waals surface area contributed by atoms with Gasteiger partial charge in [-0.25, -0.2) is 9.67 Å². The maximum atomic E-state index is 12.3. The van der Waals surface area contributed by atoms with Crippen LogP contribution in [-0.4, -0.2) is 36.8 Å². The smallest absolute Gasteiger partial charge is 0.276 e. The Balaban J connectivity index is 1.59. The van der Waals surface area contributed by atoms with Crippen LogP contribution in [0.3, 0.4) is 0 Å². The molecule has 3 aromatic rings. The molecule has 9 nitrogen and oxygen atoms in total. The molecule has 140 valence electrons. The van der Waals surface area contributed by atoms with Gasteiger partial charge < -0.3 is 10.6 Å². The molecule has 0 spiro atoms. The van der Waals surface area contributed by atoms with Crippen LogP contribution in [0.2, 0.25) is 0 Å². The maximum absolute atomic E-state index is 12.3. The standard InChI is InChI=1S/C18H21N7O2/c1-11(2)15-8-16(24-23-15)18(27)22-14-6-4-13(5-7-14)21-17(26)12(3)25-10-19-9-20-25/h4-12H,1-3H3,(H,21,26)(H,22,27)(H,23,24). The van der Waals surface area contributed by atoms with E-state index in [1.807, 2.05) is 13.8 Å². The van der Waals surface area contributed by atoms with Gasteiger partial charge in [0.25, 0.3) is 5.91 Å². The van der Waals surface area contributed by atoms with E-state index in [-0.39, 0.29) is 17.7 Å². The van der Waals surface area contributed by atoms with Crippen LogP contribution in [0.25, 0.3) is 0 Å². The Bertz CT molecular complexity index is 914. The SMILES string of the molecule is CC(C)c1cc(C(=O)Nc2ccc(NC(=O)C(C)n3cncn3)cc2)n[nH]1. The van der Waals surface area contributed by atoms with Gasteiger partial charge in [0, 0.05) is 17.1 Å². The van der Waals surface area contributed by atoms with Crippen molar-refractivity contribution in [2.24, 2.45) is 0 Å². The second-order valence-corrected chi connectivity index (χ2v) is 6.44. The quantitative estimate of drug-likeness (QED) is 0.619. The van der Waals surface area contributed by atoms with E-state index in [0.717, 1.165) is 5.69 Å². The summed E-state index contributed by atoms with van der Waals surface area (Å²) >= 11 is 0. The van der Waals surface area contributed by atoms with Gasteiger partial charge in [-0.2, -0.15) is 10.2 Å². The number of rotatable bonds is 6. The summed E-state index contributed by atoms with van der Waals surface area (Å²) in [5, 5.41) is 16.4. The van der Waals surface area contributed by atoms with E-state index in [4.69, 9.17) is 0 Å². The molecule has 3 rings (SSSR count). The highest BCUT2D eigenvalue weighted by molar-refractivity contribution is 6.03. The number of aromatic nitrogens is 5. The van der Waals surface area contributed by atoms with Crippen molar-refractivity contribution in [3.8, 4) is 0 Å². The third-order valence-electron chi connectivity index (χ3n) is 4.08. The monoisotopic (exact) mass is 367 g/mol. The highest BCUT2D eigenvalue weighted by Gasteiger charge is 2.16. The van der Waals surface area contributed by atoms with Crippen molar-refractivity contribution in [2.45, 2.75) is 32.7 Å². The Kier molecular flexibility index (Phi) is 5.30. The summed E-state index contributed by atoms with van der Waals surface area (Å²) in [5.41, 5.74) is 2.46. The summed E-state index contributed by atoms with van der Waals surface area (Å²) in [4.78, 5) is 28.3. The van der Waals surface area contributed by atoms with E-state index in [1.165, 1.54) is 17.3 Å². The number of carbonyl (C=O) groups is 2. The van der Waals surface area contributed by atoms with Gasteiger partial charge in [0.1, 0.15) is 18.7 Å². The zero-order chi connectivity index (χ0) is 19.4. The molecule has 0 aliphatic heterocycles. The minimum atomic E-state index is -0.485. The number of aromatic amines is 1. The Hall–Kier alpha value is -3.49. The lowest BCUT2D eigenvalue weighted by Gasteiger charge is -2.12. The molecule has 1 unspecified atom stereocenters. The predicted octanol–water partition coefficient (Wildman–Crippen LogP) is 2.58. The van der Waals surface area contributed by atoms with Crippen LogP contribution in [0.4, 0.5) is 11.4 Å². The molecule has 1 aromatic carbocycles. The Labute approximate surface area is 156 Å². The molecule has 2 heterocycles. The van der Waals surface area contributed by atoms with Crippen LogP contribution in [0.5, 0.6) is 0 Å². The predicted molar refractivity (Wildman–Crippen MR) is 100 cm³/mol. The van der Waals surface area contributed by atoms with Gasteiger partial charge in [-0.1, -0.05) is 13.8 Å². The van der Waals surface area contributed by atoms with Crippen LogP contribution in [-0.2, 0) is 4.79 Å². The van der Waals surface area contributed by atoms with Gasteiger partial charge >= 0.3 is 0 Å². The van der Waals surface area contributed by atoms with E-state index >= 15 is 0 Å². The molecule has 0 saturated carbocycles. The average Bonchev–Trinajstić information content (AvgIpc) is 3.34. The molecule has 27 heavy (non-hydrogen) atoms. The molecule has 0 fully saturated rings. The van der Waals surface area contributed by atoms with Crippen LogP contribution in [0, 0.1) is 0 Å². The minimum absolute atomic E-state index is 0.213. The normalized spacial score (nSPS) is 12.0. The van der Waals surface area contributed by atoms with Crippen molar-refractivity contribution >= 4 is 23.2 Å². The average molecular weight is 367 g/mol. The minimum Gasteiger partial charge on any atom is -0.324 e. The maximum Gasteiger partial charge on any atom is 0.276 e. The molecule has 1 atom stereocenters. The van der Waals surface area contributed by atoms with E-state index in [0.29, 0.717) is 17.1 Å². The van der Waals surface area contributed by atoms with E-state index in [2.05, 4.69) is 30.9 Å². The Morgan fingerprint density at radius 3 is 2.30 bits per heavy atom. The van der Waals surface area contributed by atoms with Crippen molar-refractivity contribution in [3.05, 3.63) is 54.4 Å². The number of hydrogen-bond donors (Lipinski definition) is 3. The molecule has 0 saturated heterocycles. The molecule has 9 heteroatoms. The zero-order valence-electron chi connectivity index (χ0n) is 15.3.